The molecule has 2 fully saturated rings. The predicted molar refractivity (Wildman–Crippen MR) is 93.3 cm³/mol. The van der Waals surface area contributed by atoms with E-state index in [0.29, 0.717) is 19.6 Å². The molecule has 0 aromatic heterocycles. The average Bonchev–Trinajstić information content (AvgIpc) is 2.59. The average molecular weight is 365 g/mol. The maximum absolute atomic E-state index is 11.6. The predicted octanol–water partition coefficient (Wildman–Crippen LogP) is 0.988. The van der Waals surface area contributed by atoms with Crippen molar-refractivity contribution in [3.63, 3.8) is 0 Å². The summed E-state index contributed by atoms with van der Waals surface area (Å²) in [5, 5.41) is 13.5. The van der Waals surface area contributed by atoms with Crippen molar-refractivity contribution in [1.82, 2.24) is 5.32 Å². The van der Waals surface area contributed by atoms with Gasteiger partial charge in [0, 0.05) is 6.92 Å². The topological polar surface area (TPSA) is 86.3 Å². The van der Waals surface area contributed by atoms with E-state index < -0.39 is 36.4 Å². The van der Waals surface area contributed by atoms with Crippen LogP contribution in [0.5, 0.6) is 0 Å². The van der Waals surface area contributed by atoms with Gasteiger partial charge in [-0.15, -0.1) is 0 Å². The molecule has 1 aromatic rings. The third-order valence-corrected chi connectivity index (χ3v) is 4.57. The summed E-state index contributed by atoms with van der Waals surface area (Å²) in [6.07, 6.45) is -2.07. The number of aliphatic hydroxyl groups excluding tert-OH is 1. The lowest BCUT2D eigenvalue weighted by Gasteiger charge is -2.49. The second-order valence-electron chi connectivity index (χ2n) is 7.16. The number of nitrogens with one attached hydrogen (secondary N) is 1. The second-order valence-corrected chi connectivity index (χ2v) is 7.16. The number of hydrogen-bond acceptors (Lipinski definition) is 6. The van der Waals surface area contributed by atoms with Crippen LogP contribution in [0.2, 0.25) is 0 Å². The van der Waals surface area contributed by atoms with Gasteiger partial charge >= 0.3 is 0 Å². The molecule has 26 heavy (non-hydrogen) atoms. The molecule has 2 heterocycles. The zero-order valence-corrected chi connectivity index (χ0v) is 15.4. The SMILES string of the molecule is CC(=O)N[C@@H]1[C@@H](OCCc2ccccc2)O[C@@H]2COC(C)(C)O[C@H]2[C@H]1O. The number of rotatable bonds is 5. The van der Waals surface area contributed by atoms with Crippen molar-refractivity contribution in [3.8, 4) is 0 Å². The van der Waals surface area contributed by atoms with E-state index in [-0.39, 0.29) is 5.91 Å². The first-order chi connectivity index (χ1) is 12.4. The molecule has 0 saturated carbocycles. The Labute approximate surface area is 153 Å². The summed E-state index contributed by atoms with van der Waals surface area (Å²) in [4.78, 5) is 11.6. The molecule has 3 rings (SSSR count). The van der Waals surface area contributed by atoms with Crippen molar-refractivity contribution in [2.45, 2.75) is 63.6 Å². The fraction of sp³-hybridized carbons (Fsp3) is 0.632. The zero-order chi connectivity index (χ0) is 18.7. The standard InChI is InChI=1S/C19H27NO6/c1-12(21)20-15-16(22)17-14(11-24-19(2,3)26-17)25-18(15)23-10-9-13-7-5-4-6-8-13/h4-8,14-18,22H,9-11H2,1-3H3,(H,20,21)/t14-,15+,16+,17-,18+/m1/s1. The van der Waals surface area contributed by atoms with Crippen LogP contribution in [0.1, 0.15) is 26.3 Å². The summed E-state index contributed by atoms with van der Waals surface area (Å²) in [6, 6.07) is 9.23. The maximum Gasteiger partial charge on any atom is 0.217 e. The van der Waals surface area contributed by atoms with E-state index in [2.05, 4.69) is 5.32 Å². The normalized spacial score (nSPS) is 33.3. The van der Waals surface area contributed by atoms with Crippen molar-refractivity contribution in [2.24, 2.45) is 0 Å². The molecular formula is C19H27NO6. The minimum absolute atomic E-state index is 0.265. The third kappa shape index (κ3) is 4.61. The highest BCUT2D eigenvalue weighted by Crippen LogP contribution is 2.32. The molecule has 0 unspecified atom stereocenters. The highest BCUT2D eigenvalue weighted by atomic mass is 16.8. The Morgan fingerprint density at radius 1 is 1.35 bits per heavy atom. The molecule has 2 aliphatic rings. The molecule has 0 radical (unpaired) electrons. The summed E-state index contributed by atoms with van der Waals surface area (Å²) in [6.45, 7) is 5.66. The van der Waals surface area contributed by atoms with Gasteiger partial charge in [0.15, 0.2) is 12.1 Å². The van der Waals surface area contributed by atoms with E-state index in [1.54, 1.807) is 13.8 Å². The van der Waals surface area contributed by atoms with E-state index in [0.717, 1.165) is 5.56 Å². The molecule has 7 nitrogen and oxygen atoms in total. The van der Waals surface area contributed by atoms with Crippen LogP contribution < -0.4 is 5.32 Å². The lowest BCUT2D eigenvalue weighted by molar-refractivity contribution is -0.368. The Balaban J connectivity index is 1.66. The third-order valence-electron chi connectivity index (χ3n) is 4.57. The van der Waals surface area contributed by atoms with E-state index in [9.17, 15) is 9.90 Å². The van der Waals surface area contributed by atoms with Gasteiger partial charge in [0.25, 0.3) is 0 Å². The molecule has 1 aromatic carbocycles. The number of benzene rings is 1. The molecule has 1 amide bonds. The van der Waals surface area contributed by atoms with Crippen LogP contribution in [0.15, 0.2) is 30.3 Å². The maximum atomic E-state index is 11.6. The molecule has 2 saturated heterocycles. The first-order valence-corrected chi connectivity index (χ1v) is 8.94. The number of carbonyl (C=O) groups excluding carboxylic acids is 1. The smallest absolute Gasteiger partial charge is 0.217 e. The van der Waals surface area contributed by atoms with Crippen LogP contribution in [-0.4, -0.2) is 60.7 Å². The summed E-state index contributed by atoms with van der Waals surface area (Å²) < 4.78 is 23.3. The number of carbonyl (C=O) groups is 1. The van der Waals surface area contributed by atoms with Gasteiger partial charge in [-0.05, 0) is 25.8 Å². The molecule has 144 valence electrons. The van der Waals surface area contributed by atoms with Gasteiger partial charge < -0.3 is 29.4 Å². The number of amides is 1. The van der Waals surface area contributed by atoms with Crippen molar-refractivity contribution >= 4 is 5.91 Å². The van der Waals surface area contributed by atoms with Gasteiger partial charge in [-0.3, -0.25) is 4.79 Å². The second kappa shape index (κ2) is 8.02. The molecular weight excluding hydrogens is 338 g/mol. The van der Waals surface area contributed by atoms with Crippen LogP contribution in [0, 0.1) is 0 Å². The highest BCUT2D eigenvalue weighted by molar-refractivity contribution is 5.73. The number of aliphatic hydroxyl groups is 1. The van der Waals surface area contributed by atoms with Crippen molar-refractivity contribution < 1.29 is 28.8 Å². The first kappa shape index (κ1) is 19.3. The summed E-state index contributed by atoms with van der Waals surface area (Å²) in [5.41, 5.74) is 1.14. The van der Waals surface area contributed by atoms with E-state index in [4.69, 9.17) is 18.9 Å². The Bertz CT molecular complexity index is 607. The number of hydrogen-bond donors (Lipinski definition) is 2. The number of ether oxygens (including phenoxy) is 4. The molecule has 7 heteroatoms. The largest absolute Gasteiger partial charge is 0.388 e. The van der Waals surface area contributed by atoms with E-state index in [1.807, 2.05) is 30.3 Å². The molecule has 5 atom stereocenters. The Kier molecular flexibility index (Phi) is 5.94. The van der Waals surface area contributed by atoms with Crippen molar-refractivity contribution in [2.75, 3.05) is 13.2 Å². The van der Waals surface area contributed by atoms with Gasteiger partial charge in [-0.25, -0.2) is 0 Å². The fourth-order valence-electron chi connectivity index (χ4n) is 3.31. The van der Waals surface area contributed by atoms with Gasteiger partial charge in [0.05, 0.1) is 13.2 Å². The van der Waals surface area contributed by atoms with E-state index in [1.165, 1.54) is 6.92 Å². The van der Waals surface area contributed by atoms with Crippen LogP contribution in [0.3, 0.4) is 0 Å². The lowest BCUT2D eigenvalue weighted by Crippen LogP contribution is -2.68. The van der Waals surface area contributed by atoms with E-state index >= 15 is 0 Å². The molecule has 2 N–H and O–H groups in total. The minimum atomic E-state index is -0.956. The monoisotopic (exact) mass is 365 g/mol. The van der Waals surface area contributed by atoms with Crippen molar-refractivity contribution in [1.29, 1.82) is 0 Å². The quantitative estimate of drug-likeness (QED) is 0.809. The molecule has 2 aliphatic heterocycles. The number of fused-ring (bicyclic) bond motifs is 1. The van der Waals surface area contributed by atoms with Crippen molar-refractivity contribution in [3.05, 3.63) is 35.9 Å². The van der Waals surface area contributed by atoms with Gasteiger partial charge in [-0.1, -0.05) is 30.3 Å². The minimum Gasteiger partial charge on any atom is -0.388 e. The Hall–Kier alpha value is -1.51. The van der Waals surface area contributed by atoms with Gasteiger partial charge in [0.2, 0.25) is 5.91 Å². The summed E-state index contributed by atoms with van der Waals surface area (Å²) in [5.74, 6) is -1.08. The van der Waals surface area contributed by atoms with Crippen LogP contribution >= 0.6 is 0 Å². The van der Waals surface area contributed by atoms with Crippen LogP contribution in [-0.2, 0) is 30.2 Å². The lowest BCUT2D eigenvalue weighted by atomic mass is 9.95. The fourth-order valence-corrected chi connectivity index (χ4v) is 3.31. The highest BCUT2D eigenvalue weighted by Gasteiger charge is 2.51. The van der Waals surface area contributed by atoms with Crippen LogP contribution in [0.4, 0.5) is 0 Å². The molecule has 0 aliphatic carbocycles. The Morgan fingerprint density at radius 3 is 2.77 bits per heavy atom. The summed E-state index contributed by atoms with van der Waals surface area (Å²) in [7, 11) is 0. The van der Waals surface area contributed by atoms with Gasteiger partial charge in [0.1, 0.15) is 24.4 Å². The zero-order valence-electron chi connectivity index (χ0n) is 15.4. The van der Waals surface area contributed by atoms with Crippen LogP contribution in [0.25, 0.3) is 0 Å². The molecule has 0 spiro atoms. The van der Waals surface area contributed by atoms with Gasteiger partial charge in [-0.2, -0.15) is 0 Å². The molecule has 0 bridgehead atoms. The summed E-state index contributed by atoms with van der Waals surface area (Å²) >= 11 is 0. The first-order valence-electron chi connectivity index (χ1n) is 8.94. The Morgan fingerprint density at radius 2 is 2.08 bits per heavy atom.